The van der Waals surface area contributed by atoms with Crippen molar-refractivity contribution >= 4 is 5.57 Å². The van der Waals surface area contributed by atoms with E-state index in [1.165, 1.54) is 54.4 Å². The highest BCUT2D eigenvalue weighted by Crippen LogP contribution is 2.34. The van der Waals surface area contributed by atoms with E-state index in [0.29, 0.717) is 5.92 Å². The van der Waals surface area contributed by atoms with Crippen molar-refractivity contribution in [2.24, 2.45) is 11.8 Å². The van der Waals surface area contributed by atoms with E-state index in [1.54, 1.807) is 7.11 Å². The van der Waals surface area contributed by atoms with Crippen molar-refractivity contribution in [2.45, 2.75) is 71.6 Å². The van der Waals surface area contributed by atoms with Crippen LogP contribution < -0.4 is 4.74 Å². The van der Waals surface area contributed by atoms with E-state index in [9.17, 15) is 0 Å². The Hall–Kier alpha value is -2.02. The third-order valence-electron chi connectivity index (χ3n) is 6.38. The molecule has 0 aromatic heterocycles. The molecule has 2 aromatic rings. The van der Waals surface area contributed by atoms with Crippen LogP contribution in [0.4, 0.5) is 0 Å². The molecule has 1 aliphatic carbocycles. The molecule has 1 nitrogen and oxygen atoms in total. The van der Waals surface area contributed by atoms with E-state index in [0.717, 1.165) is 18.1 Å². The molecule has 0 heterocycles. The molecule has 0 radical (unpaired) electrons. The van der Waals surface area contributed by atoms with E-state index >= 15 is 0 Å². The van der Waals surface area contributed by atoms with Crippen molar-refractivity contribution in [3.05, 3.63) is 71.3 Å². The highest BCUT2D eigenvalue weighted by molar-refractivity contribution is 5.68. The predicted molar refractivity (Wildman–Crippen MR) is 126 cm³/mol. The summed E-state index contributed by atoms with van der Waals surface area (Å²) in [7, 11) is 1.73. The van der Waals surface area contributed by atoms with E-state index < -0.39 is 0 Å². The van der Waals surface area contributed by atoms with Crippen LogP contribution in [0.3, 0.4) is 0 Å². The highest BCUT2D eigenvalue weighted by atomic mass is 16.5. The molecular formula is C28H38O. The molecule has 2 aromatic carbocycles. The van der Waals surface area contributed by atoms with Crippen LogP contribution in [0.2, 0.25) is 0 Å². The van der Waals surface area contributed by atoms with Crippen LogP contribution in [0.25, 0.3) is 5.57 Å². The van der Waals surface area contributed by atoms with Gasteiger partial charge in [0.05, 0.1) is 7.11 Å². The van der Waals surface area contributed by atoms with Crippen molar-refractivity contribution in [1.29, 1.82) is 0 Å². The standard InChI is InChI=1S/C28H38O/c1-21(19-23-11-17-26(29-5)18-12-23)27(20-22-9-7-6-8-10-22)24-13-15-25(16-14-24)28(2,3)4/h11-18,20-22H,6-10,19H2,1-5H3/b27-20-. The Morgan fingerprint density at radius 2 is 1.59 bits per heavy atom. The van der Waals surface area contributed by atoms with Gasteiger partial charge in [0, 0.05) is 0 Å². The second kappa shape index (κ2) is 9.65. The van der Waals surface area contributed by atoms with Crippen LogP contribution >= 0.6 is 0 Å². The van der Waals surface area contributed by atoms with Gasteiger partial charge in [0.15, 0.2) is 0 Å². The number of methoxy groups -OCH3 is 1. The van der Waals surface area contributed by atoms with Crippen LogP contribution in [-0.4, -0.2) is 7.11 Å². The molecule has 0 amide bonds. The first kappa shape index (κ1) is 21.7. The zero-order chi connectivity index (χ0) is 20.9. The minimum atomic E-state index is 0.195. The lowest BCUT2D eigenvalue weighted by Crippen LogP contribution is -2.12. The van der Waals surface area contributed by atoms with Crippen LogP contribution in [0.15, 0.2) is 54.6 Å². The van der Waals surface area contributed by atoms with Gasteiger partial charge in [-0.1, -0.05) is 89.4 Å². The summed E-state index contributed by atoms with van der Waals surface area (Å²) in [5.41, 5.74) is 5.89. The second-order valence-electron chi connectivity index (χ2n) is 9.80. The fourth-order valence-electron chi connectivity index (χ4n) is 4.49. The third-order valence-corrected chi connectivity index (χ3v) is 6.38. The third kappa shape index (κ3) is 5.98. The first-order valence-corrected chi connectivity index (χ1v) is 11.3. The maximum absolute atomic E-state index is 5.32. The molecule has 1 saturated carbocycles. The van der Waals surface area contributed by atoms with Crippen molar-refractivity contribution in [3.63, 3.8) is 0 Å². The number of benzene rings is 2. The summed E-state index contributed by atoms with van der Waals surface area (Å²) in [6, 6.07) is 17.9. The van der Waals surface area contributed by atoms with E-state index in [4.69, 9.17) is 4.74 Å². The molecule has 1 unspecified atom stereocenters. The van der Waals surface area contributed by atoms with Crippen LogP contribution in [-0.2, 0) is 11.8 Å². The first-order chi connectivity index (χ1) is 13.9. The molecule has 1 fully saturated rings. The largest absolute Gasteiger partial charge is 0.497 e. The molecule has 0 spiro atoms. The molecule has 1 heteroatoms. The van der Waals surface area contributed by atoms with Gasteiger partial charge in [-0.15, -0.1) is 0 Å². The maximum Gasteiger partial charge on any atom is 0.118 e. The highest BCUT2D eigenvalue weighted by Gasteiger charge is 2.19. The molecule has 0 N–H and O–H groups in total. The number of rotatable bonds is 6. The normalized spacial score (nSPS) is 17.2. The van der Waals surface area contributed by atoms with Gasteiger partial charge in [0.1, 0.15) is 5.75 Å². The summed E-state index contributed by atoms with van der Waals surface area (Å²) >= 11 is 0. The lowest BCUT2D eigenvalue weighted by atomic mass is 9.81. The van der Waals surface area contributed by atoms with Gasteiger partial charge in [-0.2, -0.15) is 0 Å². The average molecular weight is 391 g/mol. The molecule has 0 bridgehead atoms. The fourth-order valence-corrected chi connectivity index (χ4v) is 4.49. The van der Waals surface area contributed by atoms with Crippen LogP contribution in [0.5, 0.6) is 5.75 Å². The molecule has 156 valence electrons. The van der Waals surface area contributed by atoms with Gasteiger partial charge in [-0.05, 0) is 70.9 Å². The Balaban J connectivity index is 1.86. The molecule has 3 rings (SSSR count). The van der Waals surface area contributed by atoms with Gasteiger partial charge in [0.2, 0.25) is 0 Å². The van der Waals surface area contributed by atoms with E-state index in [-0.39, 0.29) is 5.41 Å². The fraction of sp³-hybridized carbons (Fsp3) is 0.500. The van der Waals surface area contributed by atoms with Gasteiger partial charge >= 0.3 is 0 Å². The Labute approximate surface area is 178 Å². The quantitative estimate of drug-likeness (QED) is 0.488. The van der Waals surface area contributed by atoms with E-state index in [1.807, 2.05) is 0 Å². The molecule has 0 saturated heterocycles. The summed E-state index contributed by atoms with van der Waals surface area (Å²) in [6.07, 6.45) is 10.5. The minimum Gasteiger partial charge on any atom is -0.497 e. The Morgan fingerprint density at radius 3 is 2.14 bits per heavy atom. The predicted octanol–water partition coefficient (Wildman–Crippen LogP) is 7.84. The van der Waals surface area contributed by atoms with Crippen molar-refractivity contribution in [1.82, 2.24) is 0 Å². The smallest absolute Gasteiger partial charge is 0.118 e. The van der Waals surface area contributed by atoms with E-state index in [2.05, 4.69) is 82.3 Å². The minimum absolute atomic E-state index is 0.195. The number of hydrogen-bond donors (Lipinski definition) is 0. The number of allylic oxidation sites excluding steroid dienone is 2. The van der Waals surface area contributed by atoms with Gasteiger partial charge in [-0.25, -0.2) is 0 Å². The first-order valence-electron chi connectivity index (χ1n) is 11.3. The zero-order valence-corrected chi connectivity index (χ0v) is 19.0. The topological polar surface area (TPSA) is 9.23 Å². The summed E-state index contributed by atoms with van der Waals surface area (Å²) in [5.74, 6) is 2.15. The van der Waals surface area contributed by atoms with Gasteiger partial charge < -0.3 is 4.74 Å². The summed E-state index contributed by atoms with van der Waals surface area (Å²) in [6.45, 7) is 9.24. The maximum atomic E-state index is 5.32. The van der Waals surface area contributed by atoms with Crippen LogP contribution in [0, 0.1) is 11.8 Å². The number of ether oxygens (including phenoxy) is 1. The summed E-state index contributed by atoms with van der Waals surface area (Å²) in [4.78, 5) is 0. The average Bonchev–Trinajstić information content (AvgIpc) is 2.73. The molecular weight excluding hydrogens is 352 g/mol. The number of hydrogen-bond acceptors (Lipinski definition) is 1. The van der Waals surface area contributed by atoms with Crippen LogP contribution in [0.1, 0.15) is 76.5 Å². The molecule has 0 aliphatic heterocycles. The summed E-state index contributed by atoms with van der Waals surface area (Å²) in [5, 5.41) is 0. The Bertz CT molecular complexity index is 784. The Kier molecular flexibility index (Phi) is 7.22. The van der Waals surface area contributed by atoms with Gasteiger partial charge in [-0.3, -0.25) is 0 Å². The Morgan fingerprint density at radius 1 is 0.966 bits per heavy atom. The zero-order valence-electron chi connectivity index (χ0n) is 19.0. The summed E-state index contributed by atoms with van der Waals surface area (Å²) < 4.78 is 5.32. The monoisotopic (exact) mass is 390 g/mol. The van der Waals surface area contributed by atoms with Crippen molar-refractivity contribution < 1.29 is 4.74 Å². The molecule has 29 heavy (non-hydrogen) atoms. The molecule has 1 aliphatic rings. The van der Waals surface area contributed by atoms with Crippen molar-refractivity contribution in [2.75, 3.05) is 7.11 Å². The SMILES string of the molecule is COc1ccc(CC(C)/C(=C/C2CCCCC2)c2ccc(C(C)(C)C)cc2)cc1. The van der Waals surface area contributed by atoms with Gasteiger partial charge in [0.25, 0.3) is 0 Å². The molecule has 1 atom stereocenters. The van der Waals surface area contributed by atoms with Crippen molar-refractivity contribution in [3.8, 4) is 5.75 Å². The lowest BCUT2D eigenvalue weighted by Gasteiger charge is -2.24. The second-order valence-corrected chi connectivity index (χ2v) is 9.80. The lowest BCUT2D eigenvalue weighted by molar-refractivity contribution is 0.414.